The van der Waals surface area contributed by atoms with E-state index in [0.29, 0.717) is 10.4 Å². The minimum Gasteiger partial charge on any atom is -0.454 e. The van der Waals surface area contributed by atoms with Gasteiger partial charge in [0.25, 0.3) is 5.91 Å². The second-order valence-corrected chi connectivity index (χ2v) is 8.66. The Morgan fingerprint density at radius 3 is 2.78 bits per heavy atom. The molecule has 0 radical (unpaired) electrons. The quantitative estimate of drug-likeness (QED) is 0.580. The first kappa shape index (κ1) is 18.5. The zero-order valence-corrected chi connectivity index (χ0v) is 17.4. The molecule has 0 saturated carbocycles. The number of carbonyl (C=O) groups excluding carboxylic acids is 1. The summed E-state index contributed by atoms with van der Waals surface area (Å²) in [5.41, 5.74) is 1.65. The lowest BCUT2D eigenvalue weighted by Crippen LogP contribution is -2.18. The number of fused-ring (bicyclic) bond motifs is 2. The molecule has 0 bridgehead atoms. The Hall–Kier alpha value is -1.90. The number of hydrogen-bond donors (Lipinski definition) is 0. The summed E-state index contributed by atoms with van der Waals surface area (Å²) < 4.78 is 14.1. The van der Waals surface area contributed by atoms with Crippen molar-refractivity contribution in [2.24, 2.45) is 4.99 Å². The molecule has 0 fully saturated rings. The van der Waals surface area contributed by atoms with E-state index in [9.17, 15) is 4.79 Å². The van der Waals surface area contributed by atoms with Crippen LogP contribution in [0.3, 0.4) is 0 Å². The SMILES string of the molecule is CSCCn1c(=NC(=O)c2ccccc2SC)sc2cc3c(cc21)OCO3. The van der Waals surface area contributed by atoms with Crippen molar-refractivity contribution in [3.8, 4) is 11.5 Å². The van der Waals surface area contributed by atoms with Gasteiger partial charge in [-0.3, -0.25) is 4.79 Å². The van der Waals surface area contributed by atoms with Gasteiger partial charge in [-0.2, -0.15) is 16.8 Å². The number of ether oxygens (including phenoxy) is 2. The van der Waals surface area contributed by atoms with Crippen LogP contribution in [0.4, 0.5) is 0 Å². The number of thioether (sulfide) groups is 2. The van der Waals surface area contributed by atoms with E-state index < -0.39 is 0 Å². The smallest absolute Gasteiger partial charge is 0.280 e. The first-order valence-corrected chi connectivity index (χ1v) is 11.8. The molecule has 0 atom stereocenters. The van der Waals surface area contributed by atoms with Crippen LogP contribution in [-0.4, -0.2) is 35.5 Å². The van der Waals surface area contributed by atoms with Gasteiger partial charge in [0.15, 0.2) is 16.3 Å². The van der Waals surface area contributed by atoms with E-state index in [1.807, 2.05) is 42.7 Å². The van der Waals surface area contributed by atoms with Gasteiger partial charge in [-0.15, -0.1) is 11.8 Å². The highest BCUT2D eigenvalue weighted by Crippen LogP contribution is 2.37. The van der Waals surface area contributed by atoms with Crippen molar-refractivity contribution in [2.75, 3.05) is 25.1 Å². The molecule has 1 aliphatic heterocycles. The van der Waals surface area contributed by atoms with Crippen LogP contribution in [0.5, 0.6) is 11.5 Å². The van der Waals surface area contributed by atoms with Crippen molar-refractivity contribution >= 4 is 51.0 Å². The van der Waals surface area contributed by atoms with E-state index in [4.69, 9.17) is 9.47 Å². The molecule has 2 heterocycles. The molecule has 8 heteroatoms. The van der Waals surface area contributed by atoms with Gasteiger partial charge in [0.1, 0.15) is 0 Å². The predicted octanol–water partition coefficient (Wildman–Crippen LogP) is 4.26. The molecule has 4 rings (SSSR count). The minimum atomic E-state index is -0.218. The van der Waals surface area contributed by atoms with Crippen LogP contribution in [-0.2, 0) is 6.54 Å². The van der Waals surface area contributed by atoms with E-state index >= 15 is 0 Å². The van der Waals surface area contributed by atoms with Crippen molar-refractivity contribution in [3.63, 3.8) is 0 Å². The molecule has 0 unspecified atom stereocenters. The average molecular weight is 419 g/mol. The summed E-state index contributed by atoms with van der Waals surface area (Å²) in [5.74, 6) is 2.20. The third-order valence-corrected chi connectivity index (χ3v) is 6.66. The van der Waals surface area contributed by atoms with Gasteiger partial charge in [-0.1, -0.05) is 23.5 Å². The molecule has 1 aromatic heterocycles. The molecular weight excluding hydrogens is 400 g/mol. The molecule has 2 aromatic carbocycles. The Bertz CT molecular complexity index is 1070. The Morgan fingerprint density at radius 1 is 1.22 bits per heavy atom. The standard InChI is InChI=1S/C19H18N2O3S3/c1-25-8-7-21-13-9-14-15(24-11-23-14)10-17(13)27-19(21)20-18(22)12-5-3-4-6-16(12)26-2/h3-6,9-10H,7-8,11H2,1-2H3. The van der Waals surface area contributed by atoms with Gasteiger partial charge >= 0.3 is 0 Å². The van der Waals surface area contributed by atoms with Crippen LogP contribution in [0, 0.1) is 0 Å². The maximum Gasteiger partial charge on any atom is 0.280 e. The topological polar surface area (TPSA) is 52.8 Å². The van der Waals surface area contributed by atoms with Gasteiger partial charge in [0.05, 0.1) is 15.8 Å². The number of thiazole rings is 1. The van der Waals surface area contributed by atoms with Gasteiger partial charge in [0.2, 0.25) is 6.79 Å². The van der Waals surface area contributed by atoms with Gasteiger partial charge < -0.3 is 14.0 Å². The lowest BCUT2D eigenvalue weighted by Gasteiger charge is -2.05. The number of aryl methyl sites for hydroxylation is 1. The van der Waals surface area contributed by atoms with Crippen LogP contribution in [0.25, 0.3) is 10.2 Å². The predicted molar refractivity (Wildman–Crippen MR) is 112 cm³/mol. The summed E-state index contributed by atoms with van der Waals surface area (Å²) in [6, 6.07) is 11.5. The zero-order valence-electron chi connectivity index (χ0n) is 14.9. The molecule has 5 nitrogen and oxygen atoms in total. The van der Waals surface area contributed by atoms with Crippen LogP contribution in [0.2, 0.25) is 0 Å². The molecule has 27 heavy (non-hydrogen) atoms. The summed E-state index contributed by atoms with van der Waals surface area (Å²) in [4.78, 5) is 19.0. The molecule has 0 N–H and O–H groups in total. The third kappa shape index (κ3) is 3.61. The van der Waals surface area contributed by atoms with Gasteiger partial charge in [0, 0.05) is 29.3 Å². The Balaban J connectivity index is 1.84. The second kappa shape index (κ2) is 8.00. The number of carbonyl (C=O) groups is 1. The largest absolute Gasteiger partial charge is 0.454 e. The van der Waals surface area contributed by atoms with Crippen LogP contribution in [0.1, 0.15) is 10.4 Å². The van der Waals surface area contributed by atoms with Crippen LogP contribution >= 0.6 is 34.9 Å². The molecule has 1 aliphatic rings. The Morgan fingerprint density at radius 2 is 2.00 bits per heavy atom. The Labute approximate surface area is 169 Å². The van der Waals surface area contributed by atoms with E-state index in [0.717, 1.165) is 38.9 Å². The summed E-state index contributed by atoms with van der Waals surface area (Å²) in [6.45, 7) is 1.02. The van der Waals surface area contributed by atoms with Crippen molar-refractivity contribution in [1.82, 2.24) is 4.57 Å². The van der Waals surface area contributed by atoms with E-state index in [-0.39, 0.29) is 12.7 Å². The maximum absolute atomic E-state index is 12.9. The molecular formula is C19H18N2O3S3. The monoisotopic (exact) mass is 418 g/mol. The molecule has 0 spiro atoms. The molecule has 3 aromatic rings. The number of aromatic nitrogens is 1. The highest BCUT2D eigenvalue weighted by molar-refractivity contribution is 7.98. The van der Waals surface area contributed by atoms with Gasteiger partial charge in [-0.05, 0) is 24.6 Å². The first-order chi connectivity index (χ1) is 13.2. The van der Waals surface area contributed by atoms with E-state index in [1.165, 1.54) is 11.3 Å². The number of amides is 1. The number of rotatable bonds is 5. The second-order valence-electron chi connectivity index (χ2n) is 5.82. The fourth-order valence-electron chi connectivity index (χ4n) is 2.91. The number of benzene rings is 2. The van der Waals surface area contributed by atoms with E-state index in [2.05, 4.69) is 15.8 Å². The normalized spacial score (nSPS) is 13.5. The average Bonchev–Trinajstić information content (AvgIpc) is 3.27. The summed E-state index contributed by atoms with van der Waals surface area (Å²) >= 11 is 4.81. The van der Waals surface area contributed by atoms with E-state index in [1.54, 1.807) is 23.5 Å². The minimum absolute atomic E-state index is 0.218. The van der Waals surface area contributed by atoms with Crippen molar-refractivity contribution in [2.45, 2.75) is 11.4 Å². The lowest BCUT2D eigenvalue weighted by atomic mass is 10.2. The fraction of sp³-hybridized carbons (Fsp3) is 0.263. The summed E-state index contributed by atoms with van der Waals surface area (Å²) in [5, 5.41) is 0. The van der Waals surface area contributed by atoms with Crippen molar-refractivity contribution < 1.29 is 14.3 Å². The number of nitrogens with zero attached hydrogens (tertiary/aromatic N) is 2. The fourth-order valence-corrected chi connectivity index (χ4v) is 4.93. The highest BCUT2D eigenvalue weighted by atomic mass is 32.2. The summed E-state index contributed by atoms with van der Waals surface area (Å²) in [7, 11) is 0. The highest BCUT2D eigenvalue weighted by Gasteiger charge is 2.18. The zero-order chi connectivity index (χ0) is 18.8. The first-order valence-electron chi connectivity index (χ1n) is 8.35. The molecule has 1 amide bonds. The van der Waals surface area contributed by atoms with Crippen molar-refractivity contribution in [3.05, 3.63) is 46.8 Å². The molecule has 0 saturated heterocycles. The third-order valence-electron chi connectivity index (χ3n) is 4.23. The molecule has 140 valence electrons. The van der Waals surface area contributed by atoms with Crippen LogP contribution < -0.4 is 14.3 Å². The van der Waals surface area contributed by atoms with Crippen LogP contribution in [0.15, 0.2) is 46.3 Å². The Kier molecular flexibility index (Phi) is 5.47. The summed E-state index contributed by atoms with van der Waals surface area (Å²) in [6.07, 6.45) is 4.03. The van der Waals surface area contributed by atoms with Gasteiger partial charge in [-0.25, -0.2) is 0 Å². The van der Waals surface area contributed by atoms with Crippen molar-refractivity contribution in [1.29, 1.82) is 0 Å². The number of hydrogen-bond acceptors (Lipinski definition) is 6. The molecule has 0 aliphatic carbocycles. The maximum atomic E-state index is 12.9. The lowest BCUT2D eigenvalue weighted by molar-refractivity contribution is 0.0995.